The standard InChI is InChI=1S/C29H35NO5/c1-5-23-20-30(28(32)34-25-16-10-7-11-17-25)24(19-26(23)35-27(31)29(2,3)4)15-12-18-33-21-22-13-8-6-9-14-22/h5-11,13-14,16-17,20,24,26H,1,12,15,18-19,21H2,2-4H3/t24-,26+/m0/s1. The Morgan fingerprint density at radius 1 is 1.06 bits per heavy atom. The maximum Gasteiger partial charge on any atom is 0.419 e. The lowest BCUT2D eigenvalue weighted by molar-refractivity contribution is -0.157. The highest BCUT2D eigenvalue weighted by atomic mass is 16.6. The molecule has 186 valence electrons. The molecule has 0 bridgehead atoms. The van der Waals surface area contributed by atoms with Gasteiger partial charge in [-0.2, -0.15) is 0 Å². The van der Waals surface area contributed by atoms with Crippen molar-refractivity contribution in [3.63, 3.8) is 0 Å². The van der Waals surface area contributed by atoms with Crippen LogP contribution < -0.4 is 4.74 Å². The van der Waals surface area contributed by atoms with Gasteiger partial charge in [0, 0.05) is 30.8 Å². The van der Waals surface area contributed by atoms with Crippen LogP contribution in [-0.4, -0.2) is 35.7 Å². The van der Waals surface area contributed by atoms with Gasteiger partial charge in [-0.3, -0.25) is 9.69 Å². The van der Waals surface area contributed by atoms with E-state index in [0.29, 0.717) is 37.4 Å². The lowest BCUT2D eigenvalue weighted by Crippen LogP contribution is -2.45. The summed E-state index contributed by atoms with van der Waals surface area (Å²) in [5, 5.41) is 0. The molecule has 0 spiro atoms. The molecular formula is C29H35NO5. The molecule has 1 heterocycles. The maximum atomic E-state index is 13.1. The van der Waals surface area contributed by atoms with Crippen LogP contribution in [0.15, 0.2) is 85.1 Å². The van der Waals surface area contributed by atoms with Gasteiger partial charge in [-0.25, -0.2) is 4.79 Å². The molecule has 0 fully saturated rings. The summed E-state index contributed by atoms with van der Waals surface area (Å²) in [7, 11) is 0. The van der Waals surface area contributed by atoms with Gasteiger partial charge in [-0.1, -0.05) is 61.2 Å². The van der Waals surface area contributed by atoms with E-state index < -0.39 is 17.6 Å². The minimum atomic E-state index is -0.629. The fraction of sp³-hybridized carbons (Fsp3) is 0.379. The smallest absolute Gasteiger partial charge is 0.419 e. The Kier molecular flexibility index (Phi) is 9.26. The van der Waals surface area contributed by atoms with Crippen LogP contribution in [0.25, 0.3) is 0 Å². The maximum absolute atomic E-state index is 13.1. The van der Waals surface area contributed by atoms with Gasteiger partial charge in [0.25, 0.3) is 0 Å². The highest BCUT2D eigenvalue weighted by Crippen LogP contribution is 2.30. The number of para-hydroxylation sites is 1. The van der Waals surface area contributed by atoms with Crippen molar-refractivity contribution in [2.45, 2.75) is 58.8 Å². The van der Waals surface area contributed by atoms with Gasteiger partial charge in [0.05, 0.1) is 12.0 Å². The van der Waals surface area contributed by atoms with Crippen molar-refractivity contribution in [1.29, 1.82) is 0 Å². The Morgan fingerprint density at radius 2 is 1.71 bits per heavy atom. The van der Waals surface area contributed by atoms with Crippen LogP contribution in [0.1, 0.15) is 45.6 Å². The zero-order valence-electron chi connectivity index (χ0n) is 20.8. The summed E-state index contributed by atoms with van der Waals surface area (Å²) in [6.07, 6.45) is 4.23. The van der Waals surface area contributed by atoms with Crippen LogP contribution in [0.5, 0.6) is 5.75 Å². The molecule has 0 radical (unpaired) electrons. The molecule has 0 saturated carbocycles. The van der Waals surface area contributed by atoms with Gasteiger partial charge < -0.3 is 14.2 Å². The van der Waals surface area contributed by atoms with Crippen molar-refractivity contribution in [2.24, 2.45) is 5.41 Å². The van der Waals surface area contributed by atoms with Crippen LogP contribution in [0, 0.1) is 5.41 Å². The number of ether oxygens (including phenoxy) is 3. The van der Waals surface area contributed by atoms with E-state index in [0.717, 1.165) is 12.0 Å². The van der Waals surface area contributed by atoms with Crippen molar-refractivity contribution < 1.29 is 23.8 Å². The van der Waals surface area contributed by atoms with Gasteiger partial charge in [-0.15, -0.1) is 0 Å². The Bertz CT molecular complexity index is 1010. The molecule has 35 heavy (non-hydrogen) atoms. The predicted octanol–water partition coefficient (Wildman–Crippen LogP) is 6.28. The van der Waals surface area contributed by atoms with E-state index in [-0.39, 0.29) is 12.0 Å². The van der Waals surface area contributed by atoms with Crippen molar-refractivity contribution in [3.05, 3.63) is 90.7 Å². The number of nitrogens with zero attached hydrogens (tertiary/aromatic N) is 1. The summed E-state index contributed by atoms with van der Waals surface area (Å²) in [4.78, 5) is 27.3. The minimum Gasteiger partial charge on any atom is -0.457 e. The predicted molar refractivity (Wildman–Crippen MR) is 136 cm³/mol. The Morgan fingerprint density at radius 3 is 2.34 bits per heavy atom. The normalized spacial score (nSPS) is 17.9. The number of carbonyl (C=O) groups excluding carboxylic acids is 2. The van der Waals surface area contributed by atoms with Crippen LogP contribution in [0.3, 0.4) is 0 Å². The molecule has 1 amide bonds. The first-order chi connectivity index (χ1) is 16.8. The van der Waals surface area contributed by atoms with Crippen LogP contribution in [0.2, 0.25) is 0 Å². The monoisotopic (exact) mass is 477 g/mol. The van der Waals surface area contributed by atoms with E-state index in [1.807, 2.05) is 69.3 Å². The second-order valence-corrected chi connectivity index (χ2v) is 9.64. The molecule has 6 nitrogen and oxygen atoms in total. The van der Waals surface area contributed by atoms with Crippen LogP contribution in [0.4, 0.5) is 4.79 Å². The van der Waals surface area contributed by atoms with Crippen molar-refractivity contribution in [2.75, 3.05) is 6.61 Å². The topological polar surface area (TPSA) is 65.1 Å². The molecule has 1 aliphatic rings. The van der Waals surface area contributed by atoms with E-state index in [1.165, 1.54) is 0 Å². The molecule has 0 unspecified atom stereocenters. The molecule has 2 aromatic rings. The first-order valence-corrected chi connectivity index (χ1v) is 12.0. The molecule has 0 saturated heterocycles. The lowest BCUT2D eigenvalue weighted by Gasteiger charge is -2.37. The summed E-state index contributed by atoms with van der Waals surface area (Å²) in [5.41, 5.74) is 1.16. The van der Waals surface area contributed by atoms with E-state index >= 15 is 0 Å². The molecule has 0 aliphatic carbocycles. The Labute approximate surface area is 208 Å². The van der Waals surface area contributed by atoms with Gasteiger partial charge >= 0.3 is 12.1 Å². The first kappa shape index (κ1) is 26.2. The highest BCUT2D eigenvalue weighted by Gasteiger charge is 2.36. The number of esters is 1. The third-order valence-corrected chi connectivity index (χ3v) is 5.73. The number of carbonyl (C=O) groups is 2. The van der Waals surface area contributed by atoms with E-state index in [2.05, 4.69) is 6.58 Å². The molecule has 1 aliphatic heterocycles. The Balaban J connectivity index is 1.69. The zero-order valence-corrected chi connectivity index (χ0v) is 20.8. The summed E-state index contributed by atoms with van der Waals surface area (Å²) in [6.45, 7) is 10.4. The third-order valence-electron chi connectivity index (χ3n) is 5.73. The molecule has 3 rings (SSSR count). The zero-order chi connectivity index (χ0) is 25.3. The van der Waals surface area contributed by atoms with Crippen molar-refractivity contribution >= 4 is 12.1 Å². The summed E-state index contributed by atoms with van der Waals surface area (Å²) >= 11 is 0. The summed E-state index contributed by atoms with van der Waals surface area (Å²) in [6, 6.07) is 18.7. The summed E-state index contributed by atoms with van der Waals surface area (Å²) < 4.78 is 17.3. The molecular weight excluding hydrogens is 442 g/mol. The quantitative estimate of drug-likeness (QED) is 0.314. The number of amides is 1. The van der Waals surface area contributed by atoms with E-state index in [4.69, 9.17) is 14.2 Å². The van der Waals surface area contributed by atoms with E-state index in [1.54, 1.807) is 29.3 Å². The average molecular weight is 478 g/mol. The SMILES string of the molecule is C=CC1=CN(C(=O)Oc2ccccc2)[C@@H](CCCOCc2ccccc2)C[C@H]1OC(=O)C(C)(C)C. The summed E-state index contributed by atoms with van der Waals surface area (Å²) in [5.74, 6) is 0.179. The van der Waals surface area contributed by atoms with Crippen LogP contribution >= 0.6 is 0 Å². The van der Waals surface area contributed by atoms with Gasteiger partial charge in [0.15, 0.2) is 0 Å². The third kappa shape index (κ3) is 7.82. The Hall–Kier alpha value is -3.38. The second-order valence-electron chi connectivity index (χ2n) is 9.64. The molecule has 0 aromatic heterocycles. The van der Waals surface area contributed by atoms with Crippen LogP contribution in [-0.2, 0) is 20.9 Å². The molecule has 6 heteroatoms. The number of rotatable bonds is 9. The van der Waals surface area contributed by atoms with Crippen molar-refractivity contribution in [1.82, 2.24) is 4.90 Å². The first-order valence-electron chi connectivity index (χ1n) is 12.0. The largest absolute Gasteiger partial charge is 0.457 e. The minimum absolute atomic E-state index is 0.215. The fourth-order valence-electron chi connectivity index (χ4n) is 3.74. The number of benzene rings is 2. The number of hydrogen-bond acceptors (Lipinski definition) is 5. The second kappa shape index (κ2) is 12.4. The molecule has 2 atom stereocenters. The van der Waals surface area contributed by atoms with Gasteiger partial charge in [0.2, 0.25) is 0 Å². The molecule has 2 aromatic carbocycles. The average Bonchev–Trinajstić information content (AvgIpc) is 2.84. The van der Waals surface area contributed by atoms with Crippen molar-refractivity contribution in [3.8, 4) is 5.75 Å². The number of hydrogen-bond donors (Lipinski definition) is 0. The highest BCUT2D eigenvalue weighted by molar-refractivity contribution is 5.76. The lowest BCUT2D eigenvalue weighted by atomic mass is 9.93. The van der Waals surface area contributed by atoms with Gasteiger partial charge in [-0.05, 0) is 51.3 Å². The fourth-order valence-corrected chi connectivity index (χ4v) is 3.74. The van der Waals surface area contributed by atoms with Gasteiger partial charge in [0.1, 0.15) is 11.9 Å². The molecule has 0 N–H and O–H groups in total. The van der Waals surface area contributed by atoms with E-state index in [9.17, 15) is 9.59 Å².